The number of halogens is 1. The molecule has 6 aromatic rings. The zero-order valence-electron chi connectivity index (χ0n) is 33.2. The molecule has 0 spiro atoms. The zero-order valence-corrected chi connectivity index (χ0v) is 33.2. The lowest BCUT2D eigenvalue weighted by Crippen LogP contribution is -2.38. The molecule has 2 aliphatic rings. The van der Waals surface area contributed by atoms with Crippen molar-refractivity contribution in [2.24, 2.45) is 5.92 Å². The summed E-state index contributed by atoms with van der Waals surface area (Å²) >= 11 is 0. The smallest absolute Gasteiger partial charge is 0.330 e. The van der Waals surface area contributed by atoms with Crippen LogP contribution in [0, 0.1) is 12.3 Å². The van der Waals surface area contributed by atoms with E-state index in [4.69, 9.17) is 32.9 Å². The van der Waals surface area contributed by atoms with Gasteiger partial charge in [0.15, 0.2) is 24.5 Å². The fraction of sp³-hybridized carbons (Fsp3) is 0.326. The molecule has 0 amide bonds. The number of aromatic nitrogens is 6. The molecular weight excluding hydrogens is 796 g/mol. The van der Waals surface area contributed by atoms with Crippen molar-refractivity contribution in [2.75, 3.05) is 27.9 Å². The van der Waals surface area contributed by atoms with Gasteiger partial charge < -0.3 is 32.9 Å². The van der Waals surface area contributed by atoms with Crippen molar-refractivity contribution in [3.8, 4) is 11.5 Å². The topological polar surface area (TPSA) is 204 Å². The van der Waals surface area contributed by atoms with Gasteiger partial charge in [-0.15, -0.1) is 0 Å². The Labute approximate surface area is 346 Å². The molecule has 18 heteroatoms. The molecule has 2 N–H and O–H groups in total. The summed E-state index contributed by atoms with van der Waals surface area (Å²) in [5.74, 6) is 0.584. The molecule has 1 radical (unpaired) electrons. The fourth-order valence-electron chi connectivity index (χ4n) is 7.92. The number of ether oxygens (including phenoxy) is 6. The van der Waals surface area contributed by atoms with E-state index in [1.807, 2.05) is 78.9 Å². The van der Waals surface area contributed by atoms with Crippen molar-refractivity contribution in [1.29, 1.82) is 0 Å². The number of hydrogen-bond acceptors (Lipinski definition) is 13. The Hall–Kier alpha value is -6.47. The molecule has 2 fully saturated rings. The lowest BCUT2D eigenvalue weighted by Gasteiger charge is -2.37. The van der Waals surface area contributed by atoms with Gasteiger partial charge in [0.25, 0.3) is 11.1 Å². The third-order valence-electron chi connectivity index (χ3n) is 10.9. The van der Waals surface area contributed by atoms with Crippen LogP contribution in [0.2, 0.25) is 0 Å². The SMILES string of the molecule is COc1ccc(C(OC[C@H]2O[C@@H](n3ccc(=O)[nH]c3=O)[C@H](F)[C@@H]2Cc2nc(C[C@H]3[CH][C@@H](OC)[C@H](n4ccc(=O)[nH]c4=O)O3)no2)(c2ccccc2)c2ccc(OC)cc2)cc1. The molecule has 5 heterocycles. The minimum absolute atomic E-state index is 0.0834. The number of H-pyrrole nitrogens is 2. The molecule has 7 atom stereocenters. The van der Waals surface area contributed by atoms with Gasteiger partial charge in [0.05, 0.1) is 33.0 Å². The Kier molecular flexibility index (Phi) is 11.9. The van der Waals surface area contributed by atoms with Crippen molar-refractivity contribution in [2.45, 2.75) is 55.4 Å². The molecule has 3 aromatic heterocycles. The maximum Gasteiger partial charge on any atom is 0.330 e. The largest absolute Gasteiger partial charge is 0.497 e. The summed E-state index contributed by atoms with van der Waals surface area (Å²) in [4.78, 5) is 58.1. The van der Waals surface area contributed by atoms with Gasteiger partial charge in [-0.2, -0.15) is 4.98 Å². The van der Waals surface area contributed by atoms with Gasteiger partial charge in [-0.05, 0) is 41.0 Å². The Morgan fingerprint density at radius 2 is 1.30 bits per heavy atom. The molecule has 61 heavy (non-hydrogen) atoms. The van der Waals surface area contributed by atoms with Crippen LogP contribution in [0.15, 0.2) is 127 Å². The summed E-state index contributed by atoms with van der Waals surface area (Å²) in [5.41, 5.74) is -1.74. The molecule has 0 bridgehead atoms. The van der Waals surface area contributed by atoms with Crippen LogP contribution in [0.3, 0.4) is 0 Å². The Morgan fingerprint density at radius 1 is 0.721 bits per heavy atom. The van der Waals surface area contributed by atoms with Crippen molar-refractivity contribution >= 4 is 0 Å². The number of nitrogens with zero attached hydrogens (tertiary/aromatic N) is 4. The number of benzene rings is 3. The van der Waals surface area contributed by atoms with E-state index < -0.39 is 71.0 Å². The standard InChI is InChI=1S/C43H42FN6O11/c1-55-28-13-9-26(10-14-28)43(25-7-5-4-6-8-25,27-11-15-29(56-2)16-12-27)58-24-33-31(38(44)40(60-33)50-20-18-36(52)47-42(50)54)23-37-45-34(48-61-37)22-30-21-32(57-3)39(59-30)49-19-17-35(51)46-41(49)53/h4-21,30-33,38-40H,22-24H2,1-3H3,(H,46,51,53)(H,47,52,54)/t30-,31-,32-,33-,38-,39-,40-/m1/s1. The maximum atomic E-state index is 16.9. The van der Waals surface area contributed by atoms with Gasteiger partial charge in [0, 0.05) is 56.8 Å². The highest BCUT2D eigenvalue weighted by molar-refractivity contribution is 5.49. The van der Waals surface area contributed by atoms with E-state index in [9.17, 15) is 19.2 Å². The number of rotatable bonds is 15. The second-order valence-corrected chi connectivity index (χ2v) is 14.5. The normalized spacial score (nSPS) is 22.7. The zero-order chi connectivity index (χ0) is 42.7. The molecule has 317 valence electrons. The van der Waals surface area contributed by atoms with Crippen molar-refractivity contribution < 1.29 is 37.3 Å². The second-order valence-electron chi connectivity index (χ2n) is 14.5. The summed E-state index contributed by atoms with van der Waals surface area (Å²) < 4.78 is 60.9. The number of aromatic amines is 2. The van der Waals surface area contributed by atoms with Crippen LogP contribution in [-0.4, -0.2) is 81.7 Å². The second kappa shape index (κ2) is 17.6. The van der Waals surface area contributed by atoms with E-state index in [1.54, 1.807) is 20.6 Å². The van der Waals surface area contributed by atoms with E-state index >= 15 is 4.39 Å². The third kappa shape index (κ3) is 8.34. The minimum Gasteiger partial charge on any atom is -0.497 e. The first-order valence-electron chi connectivity index (χ1n) is 19.4. The molecule has 0 saturated carbocycles. The van der Waals surface area contributed by atoms with Crippen LogP contribution in [0.4, 0.5) is 4.39 Å². The molecule has 0 aliphatic carbocycles. The summed E-state index contributed by atoms with van der Waals surface area (Å²) in [6.45, 7) is -0.192. The number of methoxy groups -OCH3 is 3. The predicted molar refractivity (Wildman–Crippen MR) is 214 cm³/mol. The van der Waals surface area contributed by atoms with Gasteiger partial charge in [0.2, 0.25) is 5.89 Å². The van der Waals surface area contributed by atoms with E-state index in [2.05, 4.69) is 20.1 Å². The number of nitrogens with one attached hydrogen (secondary N) is 2. The quantitative estimate of drug-likeness (QED) is 0.143. The van der Waals surface area contributed by atoms with Crippen molar-refractivity contribution in [1.82, 2.24) is 29.2 Å². The Balaban J connectivity index is 1.10. The lowest BCUT2D eigenvalue weighted by molar-refractivity contribution is -0.0877. The van der Waals surface area contributed by atoms with Gasteiger partial charge in [-0.3, -0.25) is 28.7 Å². The molecule has 17 nitrogen and oxygen atoms in total. The lowest BCUT2D eigenvalue weighted by atomic mass is 9.80. The van der Waals surface area contributed by atoms with Gasteiger partial charge >= 0.3 is 11.4 Å². The highest BCUT2D eigenvalue weighted by Gasteiger charge is 2.49. The first-order chi connectivity index (χ1) is 29.6. The monoisotopic (exact) mass is 837 g/mol. The van der Waals surface area contributed by atoms with E-state index in [0.717, 1.165) is 27.3 Å². The van der Waals surface area contributed by atoms with E-state index in [1.165, 1.54) is 30.1 Å². The molecule has 2 aliphatic heterocycles. The van der Waals surface area contributed by atoms with Crippen molar-refractivity contribution in [3.63, 3.8) is 0 Å². The van der Waals surface area contributed by atoms with Crippen LogP contribution >= 0.6 is 0 Å². The molecular formula is C43H42FN6O11. The summed E-state index contributed by atoms with van der Waals surface area (Å²) in [7, 11) is 4.62. The van der Waals surface area contributed by atoms with Crippen LogP contribution in [0.5, 0.6) is 11.5 Å². The molecule has 2 saturated heterocycles. The summed E-state index contributed by atoms with van der Waals surface area (Å²) in [6.07, 6.45) is -2.15. The van der Waals surface area contributed by atoms with Gasteiger partial charge in [-0.1, -0.05) is 59.8 Å². The van der Waals surface area contributed by atoms with Crippen LogP contribution in [0.25, 0.3) is 0 Å². The summed E-state index contributed by atoms with van der Waals surface area (Å²) in [5, 5.41) is 4.13. The average Bonchev–Trinajstić information content (AvgIpc) is 3.99. The highest BCUT2D eigenvalue weighted by Crippen LogP contribution is 2.44. The maximum absolute atomic E-state index is 16.9. The predicted octanol–water partition coefficient (Wildman–Crippen LogP) is 3.25. The Bertz CT molecular complexity index is 2620. The van der Waals surface area contributed by atoms with E-state index in [0.29, 0.717) is 11.5 Å². The van der Waals surface area contributed by atoms with Crippen molar-refractivity contribution in [3.05, 3.63) is 180 Å². The van der Waals surface area contributed by atoms with Crippen LogP contribution < -0.4 is 32.0 Å². The molecule has 8 rings (SSSR count). The van der Waals surface area contributed by atoms with E-state index in [-0.39, 0.29) is 31.2 Å². The first-order valence-corrected chi connectivity index (χ1v) is 19.4. The Morgan fingerprint density at radius 3 is 1.85 bits per heavy atom. The third-order valence-corrected chi connectivity index (χ3v) is 10.9. The fourth-order valence-corrected chi connectivity index (χ4v) is 7.92. The molecule has 3 aromatic carbocycles. The first kappa shape index (κ1) is 41.3. The highest BCUT2D eigenvalue weighted by atomic mass is 19.1. The number of alkyl halides is 1. The minimum atomic E-state index is -1.81. The van der Waals surface area contributed by atoms with Gasteiger partial charge in [0.1, 0.15) is 23.2 Å². The van der Waals surface area contributed by atoms with Crippen LogP contribution in [-0.2, 0) is 37.4 Å². The van der Waals surface area contributed by atoms with Gasteiger partial charge in [-0.25, -0.2) is 14.0 Å². The van der Waals surface area contributed by atoms with Crippen LogP contribution in [0.1, 0.15) is 40.9 Å². The summed E-state index contributed by atoms with van der Waals surface area (Å²) in [6, 6.07) is 26.7. The average molecular weight is 838 g/mol. The number of hydrogen-bond donors (Lipinski definition) is 2. The molecule has 0 unspecified atom stereocenters.